The van der Waals surface area contributed by atoms with Gasteiger partial charge < -0.3 is 20.6 Å². The van der Waals surface area contributed by atoms with Gasteiger partial charge in [-0.25, -0.2) is 13.8 Å². The van der Waals surface area contributed by atoms with Crippen LogP contribution in [0.4, 0.5) is 26.1 Å². The van der Waals surface area contributed by atoms with E-state index in [0.717, 1.165) is 26.2 Å². The van der Waals surface area contributed by atoms with Gasteiger partial charge >= 0.3 is 0 Å². The Labute approximate surface area is 187 Å². The molecule has 0 saturated carbocycles. The summed E-state index contributed by atoms with van der Waals surface area (Å²) in [7, 11) is 0. The number of rotatable bonds is 7. The standard InChI is InChI=1S/C21H23F2N9O/c22-17-9-15(31-3-1-24-2-4-31)7-13(19(17)23)8-18-16-11-25-30-20(16)29-21(28-18)27-14-10-26-32(12-14)5-6-33/h7,9-12,24,33H,1-6,8H2,(H2,25,27,28,29,30). The topological polar surface area (TPSA) is 120 Å². The van der Waals surface area contributed by atoms with E-state index in [1.165, 1.54) is 6.07 Å². The fourth-order valence-corrected chi connectivity index (χ4v) is 3.91. The molecule has 1 fully saturated rings. The van der Waals surface area contributed by atoms with Crippen molar-refractivity contribution in [3.05, 3.63) is 53.6 Å². The molecule has 5 rings (SSSR count). The number of aliphatic hydroxyl groups excluding tert-OH is 1. The molecule has 4 heterocycles. The van der Waals surface area contributed by atoms with Crippen LogP contribution >= 0.6 is 0 Å². The molecule has 1 aromatic carbocycles. The van der Waals surface area contributed by atoms with E-state index in [1.54, 1.807) is 29.3 Å². The van der Waals surface area contributed by atoms with E-state index in [2.05, 4.69) is 35.9 Å². The van der Waals surface area contributed by atoms with Gasteiger partial charge in [-0.05, 0) is 11.6 Å². The number of aliphatic hydroxyl groups is 1. The van der Waals surface area contributed by atoms with Gasteiger partial charge in [-0.1, -0.05) is 0 Å². The fraction of sp³-hybridized carbons (Fsp3) is 0.333. The second kappa shape index (κ2) is 9.08. The second-order valence-corrected chi connectivity index (χ2v) is 7.78. The van der Waals surface area contributed by atoms with Crippen LogP contribution in [0.5, 0.6) is 0 Å². The summed E-state index contributed by atoms with van der Waals surface area (Å²) < 4.78 is 30.8. The van der Waals surface area contributed by atoms with Crippen LogP contribution in [-0.4, -0.2) is 67.8 Å². The molecule has 0 bridgehead atoms. The molecule has 4 aromatic rings. The highest BCUT2D eigenvalue weighted by atomic mass is 19.2. The summed E-state index contributed by atoms with van der Waals surface area (Å²) in [4.78, 5) is 11.0. The highest BCUT2D eigenvalue weighted by Crippen LogP contribution is 2.27. The predicted octanol–water partition coefficient (Wildman–Crippen LogP) is 1.56. The minimum atomic E-state index is -0.885. The molecule has 0 unspecified atom stereocenters. The summed E-state index contributed by atoms with van der Waals surface area (Å²) in [5, 5.41) is 27.0. The number of anilines is 3. The Balaban J connectivity index is 1.47. The van der Waals surface area contributed by atoms with E-state index >= 15 is 0 Å². The summed E-state index contributed by atoms with van der Waals surface area (Å²) in [6, 6.07) is 2.93. The molecule has 10 nitrogen and oxygen atoms in total. The maximum absolute atomic E-state index is 14.8. The summed E-state index contributed by atoms with van der Waals surface area (Å²) in [5.41, 5.74) is 2.48. The van der Waals surface area contributed by atoms with E-state index in [9.17, 15) is 8.78 Å². The summed E-state index contributed by atoms with van der Waals surface area (Å²) in [6.07, 6.45) is 4.94. The van der Waals surface area contributed by atoms with Crippen molar-refractivity contribution in [3.8, 4) is 0 Å². The fourth-order valence-electron chi connectivity index (χ4n) is 3.91. The van der Waals surface area contributed by atoms with Crippen LogP contribution in [0.15, 0.2) is 30.7 Å². The zero-order chi connectivity index (χ0) is 22.8. The van der Waals surface area contributed by atoms with Gasteiger partial charge in [0.05, 0.1) is 42.3 Å². The van der Waals surface area contributed by atoms with Crippen LogP contribution in [0.3, 0.4) is 0 Å². The molecule has 1 aliphatic rings. The van der Waals surface area contributed by atoms with Crippen LogP contribution in [0, 0.1) is 11.6 Å². The maximum Gasteiger partial charge on any atom is 0.229 e. The van der Waals surface area contributed by atoms with Crippen molar-refractivity contribution in [1.29, 1.82) is 0 Å². The number of fused-ring (bicyclic) bond motifs is 1. The van der Waals surface area contributed by atoms with Crippen molar-refractivity contribution >= 4 is 28.4 Å². The third kappa shape index (κ3) is 4.47. The van der Waals surface area contributed by atoms with Crippen LogP contribution < -0.4 is 15.5 Å². The Morgan fingerprint density at radius 3 is 2.79 bits per heavy atom. The zero-order valence-electron chi connectivity index (χ0n) is 17.7. The third-order valence-corrected chi connectivity index (χ3v) is 5.54. The minimum Gasteiger partial charge on any atom is -0.394 e. The van der Waals surface area contributed by atoms with Crippen molar-refractivity contribution in [2.75, 3.05) is 43.0 Å². The third-order valence-electron chi connectivity index (χ3n) is 5.54. The van der Waals surface area contributed by atoms with Gasteiger partial charge in [0.15, 0.2) is 17.3 Å². The molecule has 33 heavy (non-hydrogen) atoms. The molecular weight excluding hydrogens is 432 g/mol. The Bertz CT molecular complexity index is 1270. The molecule has 1 saturated heterocycles. The van der Waals surface area contributed by atoms with E-state index in [1.807, 2.05) is 4.90 Å². The van der Waals surface area contributed by atoms with Crippen molar-refractivity contribution in [1.82, 2.24) is 35.3 Å². The molecule has 0 atom stereocenters. The number of nitrogens with zero attached hydrogens (tertiary/aromatic N) is 6. The lowest BCUT2D eigenvalue weighted by Gasteiger charge is -2.30. The maximum atomic E-state index is 14.8. The van der Waals surface area contributed by atoms with Crippen LogP contribution in [0.1, 0.15) is 11.3 Å². The normalized spacial score (nSPS) is 14.2. The van der Waals surface area contributed by atoms with Crippen LogP contribution in [-0.2, 0) is 13.0 Å². The minimum absolute atomic E-state index is 0.0308. The lowest BCUT2D eigenvalue weighted by Crippen LogP contribution is -2.43. The lowest BCUT2D eigenvalue weighted by molar-refractivity contribution is 0.269. The molecule has 0 radical (unpaired) electrons. The van der Waals surface area contributed by atoms with Gasteiger partial charge in [-0.3, -0.25) is 9.78 Å². The molecule has 4 N–H and O–H groups in total. The zero-order valence-corrected chi connectivity index (χ0v) is 17.7. The average Bonchev–Trinajstić information content (AvgIpc) is 3.47. The SMILES string of the molecule is OCCn1cc(Nc2nc(Cc3cc(N4CCNCC4)cc(F)c3F)c3cn[nH]c3n2)cn1. The highest BCUT2D eigenvalue weighted by molar-refractivity contribution is 5.78. The monoisotopic (exact) mass is 455 g/mol. The van der Waals surface area contributed by atoms with Gasteiger partial charge in [0.1, 0.15) is 0 Å². The van der Waals surface area contributed by atoms with Gasteiger partial charge in [0.25, 0.3) is 0 Å². The molecule has 0 amide bonds. The number of H-pyrrole nitrogens is 1. The first kappa shape index (κ1) is 21.2. The molecule has 172 valence electrons. The Hall–Kier alpha value is -3.64. The quantitative estimate of drug-likeness (QED) is 0.332. The van der Waals surface area contributed by atoms with Gasteiger partial charge in [-0.15, -0.1) is 0 Å². The smallest absolute Gasteiger partial charge is 0.229 e. The number of piperazine rings is 1. The van der Waals surface area contributed by atoms with Gasteiger partial charge in [-0.2, -0.15) is 15.2 Å². The molecule has 0 spiro atoms. The predicted molar refractivity (Wildman–Crippen MR) is 119 cm³/mol. The first-order chi connectivity index (χ1) is 16.1. The summed E-state index contributed by atoms with van der Waals surface area (Å²) >= 11 is 0. The van der Waals surface area contributed by atoms with Crippen LogP contribution in [0.2, 0.25) is 0 Å². The molecule has 1 aliphatic heterocycles. The Morgan fingerprint density at radius 1 is 1.12 bits per heavy atom. The van der Waals surface area contributed by atoms with Crippen molar-refractivity contribution in [2.45, 2.75) is 13.0 Å². The second-order valence-electron chi connectivity index (χ2n) is 7.78. The average molecular weight is 455 g/mol. The number of aromatic nitrogens is 6. The largest absolute Gasteiger partial charge is 0.394 e. The first-order valence-corrected chi connectivity index (χ1v) is 10.6. The number of halogens is 2. The van der Waals surface area contributed by atoms with E-state index in [4.69, 9.17) is 5.11 Å². The van der Waals surface area contributed by atoms with Crippen molar-refractivity contribution in [3.63, 3.8) is 0 Å². The highest BCUT2D eigenvalue weighted by Gasteiger charge is 2.19. The Kier molecular flexibility index (Phi) is 5.84. The van der Waals surface area contributed by atoms with E-state index < -0.39 is 11.6 Å². The number of hydrogen-bond donors (Lipinski definition) is 4. The molecule has 12 heteroatoms. The summed E-state index contributed by atoms with van der Waals surface area (Å²) in [5.74, 6) is -1.50. The lowest BCUT2D eigenvalue weighted by atomic mass is 10.1. The van der Waals surface area contributed by atoms with Gasteiger partial charge in [0.2, 0.25) is 5.95 Å². The first-order valence-electron chi connectivity index (χ1n) is 10.6. The number of benzene rings is 1. The van der Waals surface area contributed by atoms with Crippen molar-refractivity contribution in [2.24, 2.45) is 0 Å². The summed E-state index contributed by atoms with van der Waals surface area (Å²) in [6.45, 7) is 3.36. The molecular formula is C21H23F2N9O. The van der Waals surface area contributed by atoms with Crippen molar-refractivity contribution < 1.29 is 13.9 Å². The number of aromatic amines is 1. The van der Waals surface area contributed by atoms with Gasteiger partial charge in [0, 0.05) is 50.6 Å². The Morgan fingerprint density at radius 2 is 1.97 bits per heavy atom. The molecule has 3 aromatic heterocycles. The van der Waals surface area contributed by atoms with Crippen LogP contribution in [0.25, 0.3) is 11.0 Å². The molecule has 0 aliphatic carbocycles. The number of hydrogen-bond acceptors (Lipinski definition) is 8. The van der Waals surface area contributed by atoms with E-state index in [-0.39, 0.29) is 24.5 Å². The van der Waals surface area contributed by atoms with E-state index in [0.29, 0.717) is 34.6 Å². The number of nitrogens with one attached hydrogen (secondary N) is 3.